The van der Waals surface area contributed by atoms with Gasteiger partial charge in [-0.25, -0.2) is 9.18 Å². The first-order valence-corrected chi connectivity index (χ1v) is 10.3. The molecule has 1 aliphatic rings. The molecule has 7 nitrogen and oxygen atoms in total. The fourth-order valence-corrected chi connectivity index (χ4v) is 3.85. The van der Waals surface area contributed by atoms with Gasteiger partial charge in [-0.15, -0.1) is 13.2 Å². The second kappa shape index (κ2) is 8.85. The van der Waals surface area contributed by atoms with Crippen LogP contribution in [0.4, 0.5) is 28.0 Å². The minimum atomic E-state index is -5.05. The van der Waals surface area contributed by atoms with E-state index in [2.05, 4.69) is 41.3 Å². The van der Waals surface area contributed by atoms with Gasteiger partial charge in [0, 0.05) is 23.3 Å². The summed E-state index contributed by atoms with van der Waals surface area (Å²) in [5.74, 6) is -1.88. The van der Waals surface area contributed by atoms with Gasteiger partial charge >= 0.3 is 12.4 Å². The van der Waals surface area contributed by atoms with Gasteiger partial charge in [0.2, 0.25) is 0 Å². The number of nitrogens with one attached hydrogen (secondary N) is 2. The second-order valence-corrected chi connectivity index (χ2v) is 7.84. The van der Waals surface area contributed by atoms with E-state index in [1.807, 2.05) is 0 Å². The Balaban J connectivity index is 1.75. The summed E-state index contributed by atoms with van der Waals surface area (Å²) in [4.78, 5) is 21.2. The third-order valence-electron chi connectivity index (χ3n) is 4.90. The average molecular weight is 527 g/mol. The summed E-state index contributed by atoms with van der Waals surface area (Å²) < 4.78 is 62.2. The molecule has 172 valence electrons. The van der Waals surface area contributed by atoms with E-state index in [4.69, 9.17) is 4.74 Å². The van der Waals surface area contributed by atoms with Crippen molar-refractivity contribution in [3.8, 4) is 11.5 Å². The lowest BCUT2D eigenvalue weighted by atomic mass is 9.81. The van der Waals surface area contributed by atoms with Gasteiger partial charge in [0.1, 0.15) is 17.0 Å². The van der Waals surface area contributed by atoms with Crippen LogP contribution in [0.1, 0.15) is 17.7 Å². The number of hydrogen-bond donors (Lipinski definition) is 2. The van der Waals surface area contributed by atoms with E-state index in [9.17, 15) is 22.4 Å². The maximum Gasteiger partial charge on any atom is 0.573 e. The lowest BCUT2D eigenvalue weighted by Gasteiger charge is -2.39. The van der Waals surface area contributed by atoms with Crippen LogP contribution in [0.25, 0.3) is 0 Å². The van der Waals surface area contributed by atoms with Crippen LogP contribution < -0.4 is 20.1 Å². The Morgan fingerprint density at radius 1 is 1.21 bits per heavy atom. The zero-order valence-corrected chi connectivity index (χ0v) is 18.2. The third kappa shape index (κ3) is 4.85. The first kappa shape index (κ1) is 22.8. The number of benzene rings is 1. The van der Waals surface area contributed by atoms with Crippen LogP contribution in [-0.2, 0) is 5.54 Å². The summed E-state index contributed by atoms with van der Waals surface area (Å²) in [6.07, 6.45) is -0.493. The minimum Gasteiger partial charge on any atom is -0.491 e. The van der Waals surface area contributed by atoms with Crippen molar-refractivity contribution < 1.29 is 31.8 Å². The second-order valence-electron chi connectivity index (χ2n) is 6.98. The fraction of sp³-hybridized carbons (Fsp3) is 0.190. The number of aromatic nitrogens is 2. The zero-order chi connectivity index (χ0) is 23.6. The van der Waals surface area contributed by atoms with Crippen LogP contribution in [0.15, 0.2) is 59.5 Å². The molecule has 2 N–H and O–H groups in total. The van der Waals surface area contributed by atoms with E-state index in [1.165, 1.54) is 24.7 Å². The van der Waals surface area contributed by atoms with E-state index < -0.39 is 29.5 Å². The smallest absolute Gasteiger partial charge is 0.491 e. The van der Waals surface area contributed by atoms with Crippen molar-refractivity contribution in [1.82, 2.24) is 15.3 Å². The highest BCUT2D eigenvalue weighted by molar-refractivity contribution is 9.10. The van der Waals surface area contributed by atoms with Gasteiger partial charge < -0.3 is 20.1 Å². The molecule has 0 spiro atoms. The average Bonchev–Trinajstić information content (AvgIpc) is 2.76. The molecule has 0 bridgehead atoms. The summed E-state index contributed by atoms with van der Waals surface area (Å²) in [6, 6.07) is 7.20. The number of ether oxygens (including phenoxy) is 2. The summed E-state index contributed by atoms with van der Waals surface area (Å²) in [5.41, 5.74) is -0.581. The first-order valence-electron chi connectivity index (χ1n) is 9.51. The molecule has 3 heterocycles. The molecule has 0 radical (unpaired) electrons. The highest BCUT2D eigenvalue weighted by Crippen LogP contribution is 2.42. The van der Waals surface area contributed by atoms with Gasteiger partial charge in [0.05, 0.1) is 18.5 Å². The molecule has 1 aromatic carbocycles. The predicted octanol–water partition coefficient (Wildman–Crippen LogP) is 5.12. The summed E-state index contributed by atoms with van der Waals surface area (Å²) >= 11 is 3.31. The Morgan fingerprint density at radius 3 is 2.76 bits per heavy atom. The van der Waals surface area contributed by atoms with E-state index in [1.54, 1.807) is 18.2 Å². The van der Waals surface area contributed by atoms with Crippen LogP contribution in [0.3, 0.4) is 0 Å². The number of hydrogen-bond acceptors (Lipinski definition) is 5. The van der Waals surface area contributed by atoms with Crippen LogP contribution in [-0.4, -0.2) is 29.0 Å². The molecule has 3 aromatic rings. The molecule has 2 aromatic heterocycles. The Morgan fingerprint density at radius 2 is 2.03 bits per heavy atom. The van der Waals surface area contributed by atoms with Crippen LogP contribution in [0.5, 0.6) is 11.5 Å². The summed E-state index contributed by atoms with van der Waals surface area (Å²) in [7, 11) is 0. The quantitative estimate of drug-likeness (QED) is 0.460. The lowest BCUT2D eigenvalue weighted by molar-refractivity contribution is -0.275. The number of pyridine rings is 2. The molecule has 0 saturated heterocycles. The van der Waals surface area contributed by atoms with Crippen LogP contribution in [0.2, 0.25) is 0 Å². The number of fused-ring (bicyclic) bond motifs is 1. The number of urea groups is 1. The van der Waals surface area contributed by atoms with Crippen molar-refractivity contribution in [2.24, 2.45) is 0 Å². The lowest BCUT2D eigenvalue weighted by Crippen LogP contribution is -2.51. The first-order chi connectivity index (χ1) is 15.7. The Hall–Kier alpha value is -3.41. The van der Waals surface area contributed by atoms with Crippen LogP contribution in [0, 0.1) is 5.82 Å². The van der Waals surface area contributed by atoms with Gasteiger partial charge in [-0.2, -0.15) is 0 Å². The molecule has 0 aliphatic carbocycles. The zero-order valence-electron chi connectivity index (χ0n) is 16.6. The van der Waals surface area contributed by atoms with Crippen molar-refractivity contribution in [2.75, 3.05) is 11.9 Å². The highest BCUT2D eigenvalue weighted by atomic mass is 79.9. The molecule has 1 unspecified atom stereocenters. The largest absolute Gasteiger partial charge is 0.573 e. The standard InChI is InChI=1S/C21H15BrF4N4O3/c22-13-5-8-27-11-15(13)29-19(31)30-20(6-9-32-17-2-1-7-28-18(17)20)12-3-4-16(14(23)10-12)33-21(24,25)26/h1-5,7-8,10-11H,6,9H2,(H2,29,30,31). The Kier molecular flexibility index (Phi) is 6.11. The molecule has 0 saturated carbocycles. The highest BCUT2D eigenvalue weighted by Gasteiger charge is 2.43. The summed E-state index contributed by atoms with van der Waals surface area (Å²) in [6.45, 7) is 0.137. The number of rotatable bonds is 4. The van der Waals surface area contributed by atoms with E-state index in [0.717, 1.165) is 12.1 Å². The molecular formula is C21H15BrF4N4O3. The van der Waals surface area contributed by atoms with Crippen molar-refractivity contribution in [3.05, 3.63) is 76.5 Å². The monoisotopic (exact) mass is 526 g/mol. The summed E-state index contributed by atoms with van der Waals surface area (Å²) in [5, 5.41) is 5.45. The Labute approximate surface area is 193 Å². The molecule has 2 amide bonds. The minimum absolute atomic E-state index is 0.136. The number of nitrogens with zero attached hydrogens (tertiary/aromatic N) is 2. The molecule has 0 fully saturated rings. The van der Waals surface area contributed by atoms with E-state index in [-0.39, 0.29) is 24.3 Å². The SMILES string of the molecule is O=C(Nc1cnccc1Br)NC1(c2ccc(OC(F)(F)F)c(F)c2)CCOc2cccnc21. The maximum atomic E-state index is 14.6. The number of carbonyl (C=O) groups excluding carboxylic acids is 1. The van der Waals surface area contributed by atoms with Crippen molar-refractivity contribution >= 4 is 27.6 Å². The molecule has 12 heteroatoms. The van der Waals surface area contributed by atoms with Crippen molar-refractivity contribution in [1.29, 1.82) is 0 Å². The third-order valence-corrected chi connectivity index (χ3v) is 5.59. The molecule has 4 rings (SSSR count). The predicted molar refractivity (Wildman–Crippen MR) is 112 cm³/mol. The maximum absolute atomic E-state index is 14.6. The Bertz CT molecular complexity index is 1190. The topological polar surface area (TPSA) is 85.4 Å². The number of alkyl halides is 3. The molecular weight excluding hydrogens is 512 g/mol. The molecule has 1 atom stereocenters. The number of amides is 2. The molecule has 1 aliphatic heterocycles. The van der Waals surface area contributed by atoms with E-state index in [0.29, 0.717) is 15.9 Å². The van der Waals surface area contributed by atoms with E-state index >= 15 is 0 Å². The molecule has 33 heavy (non-hydrogen) atoms. The fourth-order valence-electron chi connectivity index (χ4n) is 3.53. The van der Waals surface area contributed by atoms with Crippen molar-refractivity contribution in [2.45, 2.75) is 18.3 Å². The van der Waals surface area contributed by atoms with Gasteiger partial charge in [-0.3, -0.25) is 9.97 Å². The van der Waals surface area contributed by atoms with Gasteiger partial charge in [-0.1, -0.05) is 6.07 Å². The number of halogens is 5. The number of anilines is 1. The normalized spacial score (nSPS) is 17.5. The van der Waals surface area contributed by atoms with Gasteiger partial charge in [-0.05, 0) is 51.8 Å². The van der Waals surface area contributed by atoms with Crippen molar-refractivity contribution in [3.63, 3.8) is 0 Å². The van der Waals surface area contributed by atoms with Gasteiger partial charge in [0.15, 0.2) is 11.6 Å². The van der Waals surface area contributed by atoms with Crippen LogP contribution >= 0.6 is 15.9 Å². The van der Waals surface area contributed by atoms with Gasteiger partial charge in [0.25, 0.3) is 0 Å². The number of carbonyl (C=O) groups is 1.